The van der Waals surface area contributed by atoms with Crippen LogP contribution in [0.15, 0.2) is 24.3 Å². The van der Waals surface area contributed by atoms with E-state index in [4.69, 9.17) is 0 Å². The number of carbonyl (C=O) groups is 1. The summed E-state index contributed by atoms with van der Waals surface area (Å²) in [5.41, 5.74) is 1.28. The monoisotopic (exact) mass is 247 g/mol. The van der Waals surface area contributed by atoms with Crippen molar-refractivity contribution in [3.8, 4) is 0 Å². The highest BCUT2D eigenvalue weighted by atomic mass is 16.4. The van der Waals surface area contributed by atoms with Crippen LogP contribution in [0.25, 0.3) is 0 Å². The number of piperidine rings is 1. The van der Waals surface area contributed by atoms with Crippen molar-refractivity contribution in [1.29, 1.82) is 0 Å². The Hall–Kier alpha value is -1.51. The predicted molar refractivity (Wildman–Crippen MR) is 73.2 cm³/mol. The molecule has 1 saturated heterocycles. The van der Waals surface area contributed by atoms with Gasteiger partial charge in [-0.2, -0.15) is 0 Å². The summed E-state index contributed by atoms with van der Waals surface area (Å²) in [5.74, 6) is 0.664. The molecule has 1 fully saturated rings. The van der Waals surface area contributed by atoms with E-state index < -0.39 is 5.97 Å². The molecule has 2 rings (SSSR count). The molecule has 0 aromatic heterocycles. The van der Waals surface area contributed by atoms with Crippen LogP contribution in [0.1, 0.15) is 37.0 Å². The Morgan fingerprint density at radius 1 is 1.28 bits per heavy atom. The number of anilines is 1. The van der Waals surface area contributed by atoms with Gasteiger partial charge >= 0.3 is 5.97 Å². The topological polar surface area (TPSA) is 40.5 Å². The highest BCUT2D eigenvalue weighted by Gasteiger charge is 2.23. The first-order valence-corrected chi connectivity index (χ1v) is 6.67. The molecule has 0 unspecified atom stereocenters. The first-order chi connectivity index (χ1) is 8.59. The van der Waals surface area contributed by atoms with E-state index in [2.05, 4.69) is 18.7 Å². The van der Waals surface area contributed by atoms with Crippen LogP contribution in [0.4, 0.5) is 5.69 Å². The van der Waals surface area contributed by atoms with Gasteiger partial charge in [-0.25, -0.2) is 4.79 Å². The maximum absolute atomic E-state index is 11.2. The smallest absolute Gasteiger partial charge is 0.337 e. The van der Waals surface area contributed by atoms with Gasteiger partial charge in [0, 0.05) is 13.1 Å². The molecule has 0 saturated carbocycles. The number of nitrogens with zero attached hydrogens (tertiary/aromatic N) is 1. The second-order valence-electron chi connectivity index (χ2n) is 5.39. The molecule has 1 aromatic carbocycles. The quantitative estimate of drug-likeness (QED) is 0.891. The first-order valence-electron chi connectivity index (χ1n) is 6.67. The van der Waals surface area contributed by atoms with E-state index in [-0.39, 0.29) is 0 Å². The molecule has 3 nitrogen and oxygen atoms in total. The summed E-state index contributed by atoms with van der Waals surface area (Å²) in [6, 6.07) is 7.30. The molecule has 0 bridgehead atoms. The SMILES string of the molecule is CC(C)C1CCN(c2ccccc2C(=O)O)CC1. The molecule has 0 spiro atoms. The lowest BCUT2D eigenvalue weighted by Gasteiger charge is -2.35. The number of rotatable bonds is 3. The van der Waals surface area contributed by atoms with Crippen LogP contribution >= 0.6 is 0 Å². The Balaban J connectivity index is 2.12. The maximum atomic E-state index is 11.2. The average Bonchev–Trinajstić information content (AvgIpc) is 2.39. The van der Waals surface area contributed by atoms with Crippen molar-refractivity contribution >= 4 is 11.7 Å². The van der Waals surface area contributed by atoms with Crippen LogP contribution in [-0.4, -0.2) is 24.2 Å². The summed E-state index contributed by atoms with van der Waals surface area (Å²) in [7, 11) is 0. The molecule has 98 valence electrons. The summed E-state index contributed by atoms with van der Waals surface area (Å²) < 4.78 is 0. The van der Waals surface area contributed by atoms with Crippen LogP contribution in [0.5, 0.6) is 0 Å². The minimum atomic E-state index is -0.836. The highest BCUT2D eigenvalue weighted by Crippen LogP contribution is 2.29. The normalized spacial score (nSPS) is 17.2. The van der Waals surface area contributed by atoms with Gasteiger partial charge in [0.25, 0.3) is 0 Å². The summed E-state index contributed by atoms with van der Waals surface area (Å²) >= 11 is 0. The van der Waals surface area contributed by atoms with Crippen molar-refractivity contribution in [2.75, 3.05) is 18.0 Å². The molecule has 0 radical (unpaired) electrons. The van der Waals surface area contributed by atoms with Gasteiger partial charge in [-0.15, -0.1) is 0 Å². The van der Waals surface area contributed by atoms with Crippen LogP contribution in [0.2, 0.25) is 0 Å². The Kier molecular flexibility index (Phi) is 3.90. The largest absolute Gasteiger partial charge is 0.478 e. The summed E-state index contributed by atoms with van der Waals surface area (Å²) in [6.07, 6.45) is 2.32. The van der Waals surface area contributed by atoms with E-state index >= 15 is 0 Å². The summed E-state index contributed by atoms with van der Waals surface area (Å²) in [4.78, 5) is 13.4. The zero-order chi connectivity index (χ0) is 13.1. The van der Waals surface area contributed by atoms with Gasteiger partial charge in [0.2, 0.25) is 0 Å². The fourth-order valence-corrected chi connectivity index (χ4v) is 2.74. The number of benzene rings is 1. The summed E-state index contributed by atoms with van der Waals surface area (Å²) in [6.45, 7) is 6.47. The first kappa shape index (κ1) is 12.9. The van der Waals surface area contributed by atoms with Crippen LogP contribution in [0, 0.1) is 11.8 Å². The number of hydrogen-bond donors (Lipinski definition) is 1. The zero-order valence-electron chi connectivity index (χ0n) is 11.1. The van der Waals surface area contributed by atoms with Crippen molar-refractivity contribution in [2.45, 2.75) is 26.7 Å². The van der Waals surface area contributed by atoms with Gasteiger partial charge in [0.15, 0.2) is 0 Å². The maximum Gasteiger partial charge on any atom is 0.337 e. The third-order valence-electron chi connectivity index (χ3n) is 3.96. The van der Waals surface area contributed by atoms with Gasteiger partial charge in [-0.1, -0.05) is 26.0 Å². The van der Waals surface area contributed by atoms with Crippen molar-refractivity contribution in [3.05, 3.63) is 29.8 Å². The third-order valence-corrected chi connectivity index (χ3v) is 3.96. The van der Waals surface area contributed by atoms with E-state index in [1.165, 1.54) is 0 Å². The Bertz CT molecular complexity index is 420. The molecule has 1 aliphatic rings. The fourth-order valence-electron chi connectivity index (χ4n) is 2.74. The molecule has 3 heteroatoms. The number of aromatic carboxylic acids is 1. The van der Waals surface area contributed by atoms with Gasteiger partial charge in [0.05, 0.1) is 11.3 Å². The van der Waals surface area contributed by atoms with E-state index in [9.17, 15) is 9.90 Å². The molecule has 1 aromatic rings. The summed E-state index contributed by atoms with van der Waals surface area (Å²) in [5, 5.41) is 9.21. The molecule has 18 heavy (non-hydrogen) atoms. The lowest BCUT2D eigenvalue weighted by molar-refractivity contribution is 0.0697. The third kappa shape index (κ3) is 2.66. The lowest BCUT2D eigenvalue weighted by Crippen LogP contribution is -2.36. The minimum absolute atomic E-state index is 0.417. The molecule has 0 amide bonds. The standard InChI is InChI=1S/C15H21NO2/c1-11(2)12-7-9-16(10-8-12)14-6-4-3-5-13(14)15(17)18/h3-6,11-12H,7-10H2,1-2H3,(H,17,18). The molecule has 0 atom stereocenters. The molecular formula is C15H21NO2. The predicted octanol–water partition coefficient (Wildman–Crippen LogP) is 3.26. The second kappa shape index (κ2) is 5.42. The van der Waals surface area contributed by atoms with E-state index in [0.717, 1.165) is 43.5 Å². The van der Waals surface area contributed by atoms with Crippen LogP contribution in [0.3, 0.4) is 0 Å². The fraction of sp³-hybridized carbons (Fsp3) is 0.533. The van der Waals surface area contributed by atoms with Gasteiger partial charge in [-0.3, -0.25) is 0 Å². The van der Waals surface area contributed by atoms with Gasteiger partial charge < -0.3 is 10.0 Å². The van der Waals surface area contributed by atoms with Crippen LogP contribution < -0.4 is 4.90 Å². The number of hydrogen-bond acceptors (Lipinski definition) is 2. The van der Waals surface area contributed by atoms with E-state index in [0.29, 0.717) is 5.56 Å². The minimum Gasteiger partial charge on any atom is -0.478 e. The van der Waals surface area contributed by atoms with Crippen molar-refractivity contribution in [1.82, 2.24) is 0 Å². The number of carboxylic acids is 1. The number of para-hydroxylation sites is 1. The zero-order valence-corrected chi connectivity index (χ0v) is 11.1. The number of carboxylic acid groups (broad SMARTS) is 1. The molecule has 0 aliphatic carbocycles. The molecule has 1 aliphatic heterocycles. The van der Waals surface area contributed by atoms with E-state index in [1.807, 2.05) is 12.1 Å². The van der Waals surface area contributed by atoms with E-state index in [1.54, 1.807) is 12.1 Å². The molecular weight excluding hydrogens is 226 g/mol. The van der Waals surface area contributed by atoms with Crippen molar-refractivity contribution in [3.63, 3.8) is 0 Å². The Labute approximate surface area is 108 Å². The Morgan fingerprint density at radius 3 is 2.44 bits per heavy atom. The van der Waals surface area contributed by atoms with Crippen molar-refractivity contribution in [2.24, 2.45) is 11.8 Å². The molecule has 1 heterocycles. The average molecular weight is 247 g/mol. The highest BCUT2D eigenvalue weighted by molar-refractivity contribution is 5.94. The lowest BCUT2D eigenvalue weighted by atomic mass is 9.86. The van der Waals surface area contributed by atoms with Crippen LogP contribution in [-0.2, 0) is 0 Å². The van der Waals surface area contributed by atoms with Crippen molar-refractivity contribution < 1.29 is 9.90 Å². The van der Waals surface area contributed by atoms with Gasteiger partial charge in [-0.05, 0) is 36.8 Å². The van der Waals surface area contributed by atoms with Gasteiger partial charge in [0.1, 0.15) is 0 Å². The Morgan fingerprint density at radius 2 is 1.89 bits per heavy atom. The molecule has 1 N–H and O–H groups in total. The second-order valence-corrected chi connectivity index (χ2v) is 5.39.